The van der Waals surface area contributed by atoms with Gasteiger partial charge in [-0.3, -0.25) is 19.2 Å². The topological polar surface area (TPSA) is 149 Å². The van der Waals surface area contributed by atoms with Crippen LogP contribution in [-0.2, 0) is 19.2 Å². The summed E-state index contributed by atoms with van der Waals surface area (Å²) in [4.78, 5) is 43.6. The number of hydrogen-bond acceptors (Lipinski definition) is 4. The Hall–Kier alpha value is -2.38. The summed E-state index contributed by atoms with van der Waals surface area (Å²) in [7, 11) is 0. The number of allylic oxidation sites excluding steroid dienone is 2. The molecule has 0 amide bonds. The number of rotatable bonds is 20. The summed E-state index contributed by atoms with van der Waals surface area (Å²) >= 11 is 0. The summed E-state index contributed by atoms with van der Waals surface area (Å²) in [6.45, 7) is 0. The van der Waals surface area contributed by atoms with Gasteiger partial charge >= 0.3 is 23.9 Å². The molecule has 8 heteroatoms. The molecule has 1 aliphatic carbocycles. The van der Waals surface area contributed by atoms with Crippen LogP contribution in [0.4, 0.5) is 0 Å². The van der Waals surface area contributed by atoms with Crippen molar-refractivity contribution in [2.24, 2.45) is 23.7 Å². The minimum atomic E-state index is -1.29. The van der Waals surface area contributed by atoms with Crippen LogP contribution in [0.25, 0.3) is 0 Å². The van der Waals surface area contributed by atoms with E-state index < -0.39 is 35.7 Å². The van der Waals surface area contributed by atoms with Crippen LogP contribution in [0.2, 0.25) is 0 Å². The highest BCUT2D eigenvalue weighted by Gasteiger charge is 2.26. The van der Waals surface area contributed by atoms with E-state index in [1.807, 2.05) is 0 Å². The van der Waals surface area contributed by atoms with Crippen LogP contribution in [0.3, 0.4) is 0 Å². The van der Waals surface area contributed by atoms with E-state index in [4.69, 9.17) is 20.4 Å². The SMILES string of the molecule is O=C(O)C(CCCCCCCC1CC=CCC1CCCCCCCC(C(=O)O)C(=O)O)C(=O)O. The lowest BCUT2D eigenvalue weighted by Crippen LogP contribution is -2.23. The normalized spacial score (nSPS) is 17.8. The summed E-state index contributed by atoms with van der Waals surface area (Å²) in [5.41, 5.74) is 0. The summed E-state index contributed by atoms with van der Waals surface area (Å²) in [5, 5.41) is 35.6. The molecule has 8 nitrogen and oxygen atoms in total. The zero-order valence-electron chi connectivity index (χ0n) is 20.2. The van der Waals surface area contributed by atoms with Gasteiger partial charge in [-0.25, -0.2) is 0 Å². The largest absolute Gasteiger partial charge is 0.481 e. The molecular weight excluding hydrogens is 440 g/mol. The van der Waals surface area contributed by atoms with Crippen LogP contribution >= 0.6 is 0 Å². The van der Waals surface area contributed by atoms with E-state index in [1.54, 1.807) is 0 Å². The Morgan fingerprint density at radius 3 is 1.15 bits per heavy atom. The number of hydrogen-bond donors (Lipinski definition) is 4. The van der Waals surface area contributed by atoms with E-state index in [1.165, 1.54) is 12.8 Å². The molecule has 0 radical (unpaired) electrons. The van der Waals surface area contributed by atoms with Crippen molar-refractivity contribution >= 4 is 23.9 Å². The molecule has 0 aromatic carbocycles. The average molecular weight is 483 g/mol. The molecule has 2 unspecified atom stereocenters. The van der Waals surface area contributed by atoms with E-state index in [2.05, 4.69) is 12.2 Å². The molecule has 0 aromatic heterocycles. The van der Waals surface area contributed by atoms with Gasteiger partial charge in [-0.15, -0.1) is 0 Å². The smallest absolute Gasteiger partial charge is 0.317 e. The van der Waals surface area contributed by atoms with Crippen molar-refractivity contribution in [1.82, 2.24) is 0 Å². The highest BCUT2D eigenvalue weighted by atomic mass is 16.4. The van der Waals surface area contributed by atoms with Gasteiger partial charge in [0.05, 0.1) is 0 Å². The van der Waals surface area contributed by atoms with Crippen molar-refractivity contribution in [2.45, 2.75) is 103 Å². The third-order valence-electron chi connectivity index (χ3n) is 7.04. The molecule has 2 atom stereocenters. The zero-order valence-corrected chi connectivity index (χ0v) is 20.2. The van der Waals surface area contributed by atoms with Gasteiger partial charge < -0.3 is 20.4 Å². The average Bonchev–Trinajstić information content (AvgIpc) is 2.77. The monoisotopic (exact) mass is 482 g/mol. The maximum atomic E-state index is 10.9. The van der Waals surface area contributed by atoms with Gasteiger partial charge in [-0.1, -0.05) is 76.4 Å². The molecule has 0 bridgehead atoms. The molecule has 4 N–H and O–H groups in total. The van der Waals surface area contributed by atoms with Crippen LogP contribution in [0.5, 0.6) is 0 Å². The van der Waals surface area contributed by atoms with Gasteiger partial charge in [0.25, 0.3) is 0 Å². The third kappa shape index (κ3) is 12.2. The predicted molar refractivity (Wildman–Crippen MR) is 128 cm³/mol. The first-order valence-electron chi connectivity index (χ1n) is 12.8. The Balaban J connectivity index is 2.14. The highest BCUT2D eigenvalue weighted by molar-refractivity contribution is 5.93. The van der Waals surface area contributed by atoms with Gasteiger partial charge in [-0.2, -0.15) is 0 Å². The van der Waals surface area contributed by atoms with E-state index in [0.717, 1.165) is 64.2 Å². The van der Waals surface area contributed by atoms with Crippen molar-refractivity contribution in [3.8, 4) is 0 Å². The van der Waals surface area contributed by atoms with Gasteiger partial charge in [-0.05, 0) is 50.4 Å². The number of carbonyl (C=O) groups is 4. The first kappa shape index (κ1) is 29.7. The van der Waals surface area contributed by atoms with Gasteiger partial charge in [0, 0.05) is 0 Å². The lowest BCUT2D eigenvalue weighted by Gasteiger charge is -2.28. The lowest BCUT2D eigenvalue weighted by atomic mass is 9.77. The van der Waals surface area contributed by atoms with Crippen LogP contribution in [0.15, 0.2) is 12.2 Å². The molecule has 1 aliphatic rings. The van der Waals surface area contributed by atoms with Crippen molar-refractivity contribution in [3.63, 3.8) is 0 Å². The van der Waals surface area contributed by atoms with Crippen molar-refractivity contribution < 1.29 is 39.6 Å². The molecule has 0 heterocycles. The number of carboxylic acid groups (broad SMARTS) is 4. The first-order chi connectivity index (χ1) is 16.2. The second-order valence-corrected chi connectivity index (χ2v) is 9.61. The molecule has 0 aliphatic heterocycles. The fourth-order valence-electron chi connectivity index (χ4n) is 4.91. The zero-order chi connectivity index (χ0) is 25.3. The minimum Gasteiger partial charge on any atom is -0.481 e. The summed E-state index contributed by atoms with van der Waals surface area (Å²) < 4.78 is 0. The first-order valence-corrected chi connectivity index (χ1v) is 12.8. The second-order valence-electron chi connectivity index (χ2n) is 9.61. The maximum absolute atomic E-state index is 10.9. The van der Waals surface area contributed by atoms with Gasteiger partial charge in [0.15, 0.2) is 11.8 Å². The second kappa shape index (κ2) is 17.1. The fourth-order valence-corrected chi connectivity index (χ4v) is 4.91. The molecule has 1 rings (SSSR count). The molecule has 0 saturated carbocycles. The van der Waals surface area contributed by atoms with Crippen LogP contribution < -0.4 is 0 Å². The number of unbranched alkanes of at least 4 members (excludes halogenated alkanes) is 8. The number of aliphatic carboxylic acids is 4. The third-order valence-corrected chi connectivity index (χ3v) is 7.04. The molecule has 34 heavy (non-hydrogen) atoms. The lowest BCUT2D eigenvalue weighted by molar-refractivity contribution is -0.156. The molecule has 0 fully saturated rings. The fraction of sp³-hybridized carbons (Fsp3) is 0.769. The van der Waals surface area contributed by atoms with Gasteiger partial charge in [0.1, 0.15) is 0 Å². The van der Waals surface area contributed by atoms with Crippen LogP contribution in [-0.4, -0.2) is 44.3 Å². The maximum Gasteiger partial charge on any atom is 0.317 e. The summed E-state index contributed by atoms with van der Waals surface area (Å²) in [6, 6.07) is 0. The standard InChI is InChI=1S/C26H42O8/c27-23(28)21(24(29)30)17-9-5-1-3-7-13-19-15-11-12-16-20(19)14-8-4-2-6-10-18-22(25(31)32)26(33)34/h11-12,19-22H,1-10,13-18H2,(H,27,28)(H,29,30)(H,31,32)(H,33,34). The number of carboxylic acids is 4. The van der Waals surface area contributed by atoms with Gasteiger partial charge in [0.2, 0.25) is 0 Å². The summed E-state index contributed by atoms with van der Waals surface area (Å²) in [6.07, 6.45) is 19.0. The minimum absolute atomic E-state index is 0.194. The Bertz CT molecular complexity index is 588. The van der Waals surface area contributed by atoms with Crippen LogP contribution in [0.1, 0.15) is 103 Å². The van der Waals surface area contributed by atoms with E-state index in [-0.39, 0.29) is 12.8 Å². The molecule has 0 aromatic rings. The summed E-state index contributed by atoms with van der Waals surface area (Å²) in [5.74, 6) is -6.21. The van der Waals surface area contributed by atoms with E-state index in [0.29, 0.717) is 24.7 Å². The van der Waals surface area contributed by atoms with Crippen LogP contribution in [0, 0.1) is 23.7 Å². The molecular formula is C26H42O8. The predicted octanol–water partition coefficient (Wildman–Crippen LogP) is 5.60. The molecule has 0 saturated heterocycles. The van der Waals surface area contributed by atoms with Crippen molar-refractivity contribution in [2.75, 3.05) is 0 Å². The Kier molecular flexibility index (Phi) is 14.9. The Morgan fingerprint density at radius 2 is 0.824 bits per heavy atom. The molecule has 0 spiro atoms. The van der Waals surface area contributed by atoms with Crippen molar-refractivity contribution in [1.29, 1.82) is 0 Å². The Morgan fingerprint density at radius 1 is 0.529 bits per heavy atom. The quantitative estimate of drug-likeness (QED) is 0.0995. The molecule has 194 valence electrons. The van der Waals surface area contributed by atoms with Crippen molar-refractivity contribution in [3.05, 3.63) is 12.2 Å². The van der Waals surface area contributed by atoms with E-state index in [9.17, 15) is 19.2 Å². The van der Waals surface area contributed by atoms with E-state index >= 15 is 0 Å². The Labute approximate surface area is 202 Å². The highest BCUT2D eigenvalue weighted by Crippen LogP contribution is 2.34.